The van der Waals surface area contributed by atoms with Gasteiger partial charge in [-0.3, -0.25) is 65.2 Å². The summed E-state index contributed by atoms with van der Waals surface area (Å²) in [5, 5.41) is 56.0. The van der Waals surface area contributed by atoms with Crippen LogP contribution in [0.5, 0.6) is 0 Å². The predicted molar refractivity (Wildman–Crippen MR) is 312 cm³/mol. The molecule has 534 valence electrons. The average molecular weight is 1490 g/mol. The van der Waals surface area contributed by atoms with E-state index in [0.29, 0.717) is 5.17 Å². The van der Waals surface area contributed by atoms with Gasteiger partial charge in [-0.05, 0) is 6.92 Å². The lowest BCUT2D eigenvalue weighted by Gasteiger charge is -2.27. The molecule has 4 aliphatic rings. The molecule has 0 aliphatic carbocycles. The molecule has 51 nitrogen and oxygen atoms in total. The van der Waals surface area contributed by atoms with Crippen LogP contribution in [0.1, 0.15) is 24.5 Å². The van der Waals surface area contributed by atoms with E-state index in [1.54, 1.807) is 0 Å². The number of aliphatic hydroxyl groups is 5. The number of ether oxygens (including phenoxy) is 4. The van der Waals surface area contributed by atoms with Crippen molar-refractivity contribution in [3.8, 4) is 0 Å². The third-order valence-corrected chi connectivity index (χ3v) is 21.3. The van der Waals surface area contributed by atoms with Crippen molar-refractivity contribution in [2.24, 2.45) is 7.05 Å². The van der Waals surface area contributed by atoms with Crippen LogP contribution in [-0.2, 0) is 89.4 Å². The third kappa shape index (κ3) is 14.0. The van der Waals surface area contributed by atoms with Crippen LogP contribution in [0, 0.1) is 6.92 Å². The quantitative estimate of drug-likeness (QED) is 0.0187. The van der Waals surface area contributed by atoms with E-state index >= 15 is 0 Å². The average Bonchev–Trinajstić information content (AvgIpc) is 1.63. The first-order valence-electron chi connectivity index (χ1n) is 27.7. The normalized spacial score (nSPS) is 30.0. The minimum atomic E-state index is -6.34. The number of hydroxylamine groups is 1. The monoisotopic (exact) mass is 1490 g/mol. The maximum atomic E-state index is 14.3. The molecule has 19 N–H and O–H groups in total. The zero-order chi connectivity index (χ0) is 70.6. The fourth-order valence-corrected chi connectivity index (χ4v) is 16.2. The predicted octanol–water partition coefficient (Wildman–Crippen LogP) is -6.20. The molecular formula is C42H56N20O31P5+. The van der Waals surface area contributed by atoms with Crippen molar-refractivity contribution in [2.45, 2.75) is 99.0 Å². The van der Waals surface area contributed by atoms with Gasteiger partial charge in [-0.15, -0.1) is 0 Å². The van der Waals surface area contributed by atoms with Gasteiger partial charge in [0.15, 0.2) is 58.8 Å². The van der Waals surface area contributed by atoms with Crippen LogP contribution in [0.3, 0.4) is 0 Å². The molecular weight excluding hydrogens is 1440 g/mol. The molecule has 4 aliphatic heterocycles. The number of anilines is 3. The van der Waals surface area contributed by atoms with Crippen LogP contribution >= 0.6 is 39.1 Å². The molecule has 12 rings (SSSR count). The van der Waals surface area contributed by atoms with Crippen molar-refractivity contribution in [2.75, 3.05) is 55.9 Å². The standard InChI is InChI=1S/C42H55N20O31P5/c1-13-51-32-20(34(67)52-13)50-11-61(32)62-37(70)23(64)15(89-62)5-82-94(71,72)90-26-16(87-39(25(26)66)58-9-48-18-29(43)46-8-47-30(18)58)6-83-95(73,74)91-27-17(88-40(28(27)81-3)59-10-49-19-31(59)53-41(44)55-35(19)68)7-85-97(77,78)93-98(79,80)92-96(75,76)84-4-14-22(63)24(65)38(86-14)60-12-57(2)21-33(60)54-42(45)56-36(21)69/h8-12,14-17,22-28,37-40,63-66,70H,4-7H2,1-3H3,(H13-,43,44,45,46,47,51,52,53,54,55,56,67,68,69,71,72,73,74,75,76,77,78,79,80)/p+1/t14?,15-,16-,17-,22?,23?,24?,25+,26?,27?,28+,37+,38-,39-,40-/m1/s1. The van der Waals surface area contributed by atoms with Crippen molar-refractivity contribution in [3.63, 3.8) is 0 Å². The molecule has 4 saturated heterocycles. The maximum Gasteiger partial charge on any atom is 0.490 e. The van der Waals surface area contributed by atoms with E-state index in [0.717, 1.165) is 50.8 Å². The Bertz CT molecular complexity index is 4820. The molecule has 8 aromatic rings. The Labute approximate surface area is 540 Å². The van der Waals surface area contributed by atoms with Crippen molar-refractivity contribution in [1.82, 2.24) is 73.2 Å². The highest BCUT2D eigenvalue weighted by molar-refractivity contribution is 7.66. The number of aromatic nitrogens is 16. The second kappa shape index (κ2) is 26.5. The third-order valence-electron chi connectivity index (χ3n) is 15.1. The lowest BCUT2D eigenvalue weighted by molar-refractivity contribution is -0.745. The van der Waals surface area contributed by atoms with Gasteiger partial charge in [0.2, 0.25) is 17.7 Å². The van der Waals surface area contributed by atoms with Crippen molar-refractivity contribution < 1.29 is 137 Å². The Morgan fingerprint density at radius 2 is 1.12 bits per heavy atom. The lowest BCUT2D eigenvalue weighted by Crippen LogP contribution is -2.46. The number of hydrogen-bond acceptors (Lipinski definition) is 38. The topological polar surface area (TPSA) is 714 Å². The molecule has 98 heavy (non-hydrogen) atoms. The zero-order valence-corrected chi connectivity index (χ0v) is 54.1. The molecule has 0 bridgehead atoms. The largest absolute Gasteiger partial charge is 0.490 e. The first-order valence-corrected chi connectivity index (χ1v) is 35.2. The molecule has 4 fully saturated rings. The highest BCUT2D eigenvalue weighted by Crippen LogP contribution is 2.68. The van der Waals surface area contributed by atoms with Crippen LogP contribution in [-0.4, -0.2) is 230 Å². The van der Waals surface area contributed by atoms with E-state index in [2.05, 4.69) is 63.4 Å². The van der Waals surface area contributed by atoms with Crippen LogP contribution < -0.4 is 43.6 Å². The first-order chi connectivity index (χ1) is 46.0. The number of phosphoric ester groups is 4. The van der Waals surface area contributed by atoms with Gasteiger partial charge in [0.05, 0.1) is 46.1 Å². The lowest BCUT2D eigenvalue weighted by atomic mass is 10.1. The van der Waals surface area contributed by atoms with Gasteiger partial charge in [0.1, 0.15) is 91.1 Å². The Morgan fingerprint density at radius 1 is 0.571 bits per heavy atom. The number of methoxy groups -OCH3 is 1. The Balaban J connectivity index is 0.741. The summed E-state index contributed by atoms with van der Waals surface area (Å²) in [6, 6.07) is 0. The van der Waals surface area contributed by atoms with Crippen LogP contribution in [0.4, 0.5) is 17.7 Å². The fourth-order valence-electron chi connectivity index (χ4n) is 10.8. The van der Waals surface area contributed by atoms with E-state index in [1.807, 2.05) is 0 Å². The van der Waals surface area contributed by atoms with Gasteiger partial charge in [0.25, 0.3) is 22.6 Å². The van der Waals surface area contributed by atoms with Crippen LogP contribution in [0.2, 0.25) is 0 Å². The minimum absolute atomic E-state index is 0.0322. The number of nitrogen functional groups attached to an aromatic ring is 3. The Hall–Kier alpha value is -6.97. The summed E-state index contributed by atoms with van der Waals surface area (Å²) in [5.41, 5.74) is 13.9. The maximum absolute atomic E-state index is 14.3. The summed E-state index contributed by atoms with van der Waals surface area (Å²) in [5.74, 6) is -0.830. The molecule has 8 aromatic heterocycles. The van der Waals surface area contributed by atoms with Gasteiger partial charge < -0.3 is 91.1 Å². The molecule has 0 radical (unpaired) electrons. The molecule has 0 saturated carbocycles. The van der Waals surface area contributed by atoms with E-state index in [-0.39, 0.29) is 62.2 Å². The van der Waals surface area contributed by atoms with Gasteiger partial charge in [-0.1, -0.05) is 4.98 Å². The molecule has 20 atom stereocenters. The number of aliphatic hydroxyl groups excluding tert-OH is 5. The van der Waals surface area contributed by atoms with Crippen molar-refractivity contribution >= 4 is 101 Å². The smallest absolute Gasteiger partial charge is 0.387 e. The number of fused-ring (bicyclic) bond motifs is 4. The number of nitrogens with zero attached hydrogens (tertiary/aromatic N) is 14. The van der Waals surface area contributed by atoms with Crippen molar-refractivity contribution in [3.05, 3.63) is 68.5 Å². The number of aryl methyl sites for hydroxylation is 2. The van der Waals surface area contributed by atoms with Gasteiger partial charge in [-0.2, -0.15) is 23.5 Å². The highest BCUT2D eigenvalue weighted by atomic mass is 31.3. The molecule has 0 amide bonds. The number of H-pyrrole nitrogens is 3. The Morgan fingerprint density at radius 3 is 1.80 bits per heavy atom. The van der Waals surface area contributed by atoms with Crippen LogP contribution in [0.15, 0.2) is 46.0 Å². The van der Waals surface area contributed by atoms with E-state index in [1.165, 1.54) is 24.9 Å². The fraction of sp³-hybridized carbons (Fsp3) is 0.524. The second-order valence-corrected chi connectivity index (χ2v) is 29.0. The molecule has 0 aromatic carbocycles. The Kier molecular flexibility index (Phi) is 19.2. The summed E-state index contributed by atoms with van der Waals surface area (Å²) in [4.78, 5) is 137. The van der Waals surface area contributed by atoms with Gasteiger partial charge in [-0.25, -0.2) is 62.1 Å². The number of nitrogens with two attached hydrogens (primary N) is 3. The zero-order valence-electron chi connectivity index (χ0n) is 49.6. The molecule has 0 spiro atoms. The minimum Gasteiger partial charge on any atom is -0.387 e. The summed E-state index contributed by atoms with van der Waals surface area (Å²) < 4.78 is 136. The summed E-state index contributed by atoms with van der Waals surface area (Å²) in [7, 11) is -27.4. The number of aromatic amines is 3. The van der Waals surface area contributed by atoms with E-state index in [4.69, 9.17) is 68.1 Å². The van der Waals surface area contributed by atoms with E-state index in [9.17, 15) is 87.2 Å². The number of hydrogen-bond donors (Lipinski definition) is 16. The SMILES string of the molecule is CO[C@H]1C(OP(=O)(O)OC[C@H]2O[C@@H](n3cnc4c(N)ncnc43)[C@@H](O)C2OP(=O)(O)OC[C@H]2ON(n3cnc4c(=O)[nH]c(C)nc43)[C@@H](O)C2O)[C@@H](COP(=O)(O)OP(=O)(O)OP(=O)(O)OCC2O[C@@H]([n+]3cn(C)c4c(=O)[nH]c(N)nc43)C(O)C2O)O[C@H]1n1cnc2c(=O)[nH]c(N)nc21. The first kappa shape index (κ1) is 70.9. The summed E-state index contributed by atoms with van der Waals surface area (Å²) >= 11 is 0. The highest BCUT2D eigenvalue weighted by Gasteiger charge is 2.56. The summed E-state index contributed by atoms with van der Waals surface area (Å²) in [6.45, 7) is -3.54. The molecule has 56 heteroatoms. The number of phosphoric acid groups is 5. The number of nitrogens with one attached hydrogen (secondary N) is 3. The van der Waals surface area contributed by atoms with Gasteiger partial charge in [0, 0.05) is 7.11 Å². The summed E-state index contributed by atoms with van der Waals surface area (Å²) in [6.07, 6.45) is -23.1. The molecule has 11 unspecified atom stereocenters. The van der Waals surface area contributed by atoms with Crippen LogP contribution in [0.25, 0.3) is 44.7 Å². The van der Waals surface area contributed by atoms with Crippen molar-refractivity contribution in [1.29, 1.82) is 0 Å². The number of rotatable bonds is 25. The second-order valence-electron chi connectivity index (χ2n) is 21.6. The van der Waals surface area contributed by atoms with Gasteiger partial charge >= 0.3 is 44.8 Å². The number of imidazole rings is 4. The molecule has 12 heterocycles. The van der Waals surface area contributed by atoms with E-state index < -0.39 is 180 Å².